The van der Waals surface area contributed by atoms with E-state index in [0.717, 1.165) is 66.8 Å². The van der Waals surface area contributed by atoms with Crippen molar-refractivity contribution in [2.45, 2.75) is 20.8 Å². The van der Waals surface area contributed by atoms with E-state index >= 15 is 0 Å². The van der Waals surface area contributed by atoms with Gasteiger partial charge in [0.15, 0.2) is 0 Å². The van der Waals surface area contributed by atoms with Gasteiger partial charge in [-0.3, -0.25) is 0 Å². The molecule has 3 aromatic heterocycles. The van der Waals surface area contributed by atoms with Gasteiger partial charge in [-0.05, 0) is 145 Å². The summed E-state index contributed by atoms with van der Waals surface area (Å²) in [5, 5.41) is 26.0. The Morgan fingerprint density at radius 2 is 0.383 bits per heavy atom. The van der Waals surface area contributed by atoms with Crippen LogP contribution in [0.5, 0.6) is 0 Å². The van der Waals surface area contributed by atoms with Gasteiger partial charge in [0.1, 0.15) is 0 Å². The zero-order valence-corrected chi connectivity index (χ0v) is 33.0. The standard InChI is InChI=1S/C51H36N6O3/c1-31-4-10-37(11-5-31)46-52-55-49(58-46)40-22-16-34(17-23-40)43-28-44(35-18-24-41(25-19-35)50-56-53-47(59-50)38-12-6-32(2)7-13-38)30-45(29-43)36-20-26-42(27-21-36)51-57-54-48(60-51)39-14-8-33(3)9-15-39/h4-30H,1-3H3. The first kappa shape index (κ1) is 36.3. The van der Waals surface area contributed by atoms with Gasteiger partial charge in [-0.1, -0.05) is 89.5 Å². The third-order valence-electron chi connectivity index (χ3n) is 10.5. The second-order valence-corrected chi connectivity index (χ2v) is 14.9. The molecule has 0 aliphatic heterocycles. The molecule has 0 N–H and O–H groups in total. The second kappa shape index (κ2) is 15.4. The Morgan fingerprint density at radius 1 is 0.217 bits per heavy atom. The van der Waals surface area contributed by atoms with Crippen LogP contribution < -0.4 is 0 Å². The average molecular weight is 781 g/mol. The number of benzene rings is 7. The highest BCUT2D eigenvalue weighted by Crippen LogP contribution is 2.36. The number of hydrogen-bond acceptors (Lipinski definition) is 9. The summed E-state index contributed by atoms with van der Waals surface area (Å²) >= 11 is 0. The van der Waals surface area contributed by atoms with Gasteiger partial charge in [0, 0.05) is 33.4 Å². The van der Waals surface area contributed by atoms with Crippen molar-refractivity contribution in [3.63, 3.8) is 0 Å². The van der Waals surface area contributed by atoms with Gasteiger partial charge in [-0.2, -0.15) is 0 Å². The minimum absolute atomic E-state index is 0.464. The number of aromatic nitrogens is 6. The fourth-order valence-corrected chi connectivity index (χ4v) is 7.00. The van der Waals surface area contributed by atoms with Crippen molar-refractivity contribution >= 4 is 0 Å². The molecule has 0 saturated carbocycles. The number of rotatable bonds is 9. The van der Waals surface area contributed by atoms with Crippen LogP contribution in [-0.2, 0) is 0 Å². The van der Waals surface area contributed by atoms with E-state index in [9.17, 15) is 0 Å². The molecule has 288 valence electrons. The van der Waals surface area contributed by atoms with Gasteiger partial charge < -0.3 is 13.3 Å². The first-order chi connectivity index (χ1) is 29.4. The lowest BCUT2D eigenvalue weighted by Gasteiger charge is -2.12. The molecule has 9 nitrogen and oxygen atoms in total. The molecular weight excluding hydrogens is 745 g/mol. The summed E-state index contributed by atoms with van der Waals surface area (Å²) in [7, 11) is 0. The van der Waals surface area contributed by atoms with Gasteiger partial charge in [0.25, 0.3) is 0 Å². The number of nitrogens with zero attached hydrogens (tertiary/aromatic N) is 6. The summed E-state index contributed by atoms with van der Waals surface area (Å²) < 4.78 is 18.2. The maximum absolute atomic E-state index is 6.08. The second-order valence-electron chi connectivity index (χ2n) is 14.9. The van der Waals surface area contributed by atoms with Crippen molar-refractivity contribution < 1.29 is 13.3 Å². The zero-order valence-electron chi connectivity index (χ0n) is 33.0. The Balaban J connectivity index is 0.969. The van der Waals surface area contributed by atoms with Crippen LogP contribution in [0.2, 0.25) is 0 Å². The highest BCUT2D eigenvalue weighted by atomic mass is 16.4. The highest BCUT2D eigenvalue weighted by Gasteiger charge is 2.16. The maximum Gasteiger partial charge on any atom is 0.248 e. The topological polar surface area (TPSA) is 117 Å². The van der Waals surface area contributed by atoms with E-state index in [-0.39, 0.29) is 0 Å². The lowest BCUT2D eigenvalue weighted by molar-refractivity contribution is 0.584. The van der Waals surface area contributed by atoms with E-state index in [1.165, 1.54) is 16.7 Å². The molecule has 0 bridgehead atoms. The molecule has 3 heterocycles. The molecule has 0 amide bonds. The third kappa shape index (κ3) is 7.43. The summed E-state index contributed by atoms with van der Waals surface area (Å²) in [6.45, 7) is 6.15. The Hall–Kier alpha value is -8.04. The van der Waals surface area contributed by atoms with E-state index in [4.69, 9.17) is 13.3 Å². The van der Waals surface area contributed by atoms with Crippen molar-refractivity contribution in [3.8, 4) is 102 Å². The Bertz CT molecular complexity index is 2720. The summed E-state index contributed by atoms with van der Waals surface area (Å²) in [6.07, 6.45) is 0. The number of aryl methyl sites for hydroxylation is 3. The van der Waals surface area contributed by atoms with Gasteiger partial charge in [0.05, 0.1) is 0 Å². The first-order valence-corrected chi connectivity index (χ1v) is 19.6. The SMILES string of the molecule is Cc1ccc(-c2nnc(-c3ccc(-c4cc(-c5ccc(-c6nnc(-c7ccc(C)cc7)o6)cc5)cc(-c5ccc(-c6nnc(-c7ccc(C)cc7)o6)cc5)c4)cc3)o2)cc1. The van der Waals surface area contributed by atoms with E-state index in [1.54, 1.807) is 0 Å². The van der Waals surface area contributed by atoms with Gasteiger partial charge in [-0.25, -0.2) is 0 Å². The van der Waals surface area contributed by atoms with E-state index in [0.29, 0.717) is 35.3 Å². The monoisotopic (exact) mass is 780 g/mol. The lowest BCUT2D eigenvalue weighted by Crippen LogP contribution is -1.88. The predicted molar refractivity (Wildman–Crippen MR) is 233 cm³/mol. The first-order valence-electron chi connectivity index (χ1n) is 19.6. The van der Waals surface area contributed by atoms with Crippen LogP contribution in [0.1, 0.15) is 16.7 Å². The normalized spacial score (nSPS) is 11.2. The Morgan fingerprint density at radius 3 is 0.583 bits per heavy atom. The van der Waals surface area contributed by atoms with Crippen molar-refractivity contribution in [2.75, 3.05) is 0 Å². The molecule has 0 atom stereocenters. The highest BCUT2D eigenvalue weighted by molar-refractivity contribution is 5.83. The van der Waals surface area contributed by atoms with E-state index < -0.39 is 0 Å². The van der Waals surface area contributed by atoms with E-state index in [2.05, 4.69) is 106 Å². The minimum atomic E-state index is 0.464. The summed E-state index contributed by atoms with van der Waals surface area (Å²) in [6, 6.07) is 55.4. The minimum Gasteiger partial charge on any atom is -0.416 e. The van der Waals surface area contributed by atoms with Crippen LogP contribution in [0.25, 0.3) is 102 Å². The van der Waals surface area contributed by atoms with Crippen LogP contribution >= 0.6 is 0 Å². The molecule has 9 heteroatoms. The van der Waals surface area contributed by atoms with Crippen molar-refractivity contribution in [1.82, 2.24) is 30.6 Å². The third-order valence-corrected chi connectivity index (χ3v) is 10.5. The Labute approximate surface area is 346 Å². The fraction of sp³-hybridized carbons (Fsp3) is 0.0588. The largest absolute Gasteiger partial charge is 0.416 e. The molecule has 60 heavy (non-hydrogen) atoms. The summed E-state index contributed by atoms with van der Waals surface area (Å²) in [5.74, 6) is 2.85. The van der Waals surface area contributed by atoms with E-state index in [1.807, 2.05) is 109 Å². The smallest absolute Gasteiger partial charge is 0.248 e. The van der Waals surface area contributed by atoms with Crippen LogP contribution in [0.3, 0.4) is 0 Å². The molecule has 7 aromatic carbocycles. The van der Waals surface area contributed by atoms with Crippen LogP contribution in [0, 0.1) is 20.8 Å². The van der Waals surface area contributed by atoms with Crippen LogP contribution in [0.4, 0.5) is 0 Å². The van der Waals surface area contributed by atoms with Crippen LogP contribution in [-0.4, -0.2) is 30.6 Å². The zero-order chi connectivity index (χ0) is 40.6. The molecule has 0 aliphatic carbocycles. The number of hydrogen-bond donors (Lipinski definition) is 0. The molecule has 0 spiro atoms. The summed E-state index contributed by atoms with van der Waals surface area (Å²) in [5.41, 5.74) is 14.9. The average Bonchev–Trinajstić information content (AvgIpc) is 4.10. The quantitative estimate of drug-likeness (QED) is 0.141. The fourth-order valence-electron chi connectivity index (χ4n) is 7.00. The molecule has 10 rings (SSSR count). The predicted octanol–water partition coefficient (Wildman–Crippen LogP) is 12.8. The van der Waals surface area contributed by atoms with Gasteiger partial charge >= 0.3 is 0 Å². The molecule has 0 fully saturated rings. The van der Waals surface area contributed by atoms with Crippen molar-refractivity contribution in [3.05, 3.63) is 180 Å². The van der Waals surface area contributed by atoms with Crippen molar-refractivity contribution in [2.24, 2.45) is 0 Å². The Kier molecular flexibility index (Phi) is 9.30. The molecule has 0 aliphatic rings. The maximum atomic E-state index is 6.08. The molecular formula is C51H36N6O3. The van der Waals surface area contributed by atoms with Crippen molar-refractivity contribution in [1.29, 1.82) is 0 Å². The lowest BCUT2D eigenvalue weighted by atomic mass is 9.92. The molecule has 0 saturated heterocycles. The van der Waals surface area contributed by atoms with Crippen LogP contribution in [0.15, 0.2) is 177 Å². The van der Waals surface area contributed by atoms with Gasteiger partial charge in [-0.15, -0.1) is 30.6 Å². The van der Waals surface area contributed by atoms with Gasteiger partial charge in [0.2, 0.25) is 35.3 Å². The molecule has 0 radical (unpaired) electrons. The molecule has 0 unspecified atom stereocenters. The summed E-state index contributed by atoms with van der Waals surface area (Å²) in [4.78, 5) is 0. The molecule has 10 aromatic rings.